The molecule has 0 aliphatic heterocycles. The van der Waals surface area contributed by atoms with Gasteiger partial charge in [0.15, 0.2) is 29.9 Å². The molecule has 0 bridgehead atoms. The fourth-order valence-electron chi connectivity index (χ4n) is 1.55. The summed E-state index contributed by atoms with van der Waals surface area (Å²) in [5.74, 6) is -14.0. The molecule has 0 fully saturated rings. The lowest BCUT2D eigenvalue weighted by Crippen LogP contribution is -2.23. The third-order valence-corrected chi connectivity index (χ3v) is 2.64. The zero-order chi connectivity index (χ0) is 18.0. The minimum atomic E-state index is -2.37. The highest BCUT2D eigenvalue weighted by atomic mass is 19.2. The van der Waals surface area contributed by atoms with E-state index in [0.29, 0.717) is 5.69 Å². The number of anilines is 1. The van der Waals surface area contributed by atoms with Crippen molar-refractivity contribution in [1.29, 1.82) is 0 Å². The first-order valence-corrected chi connectivity index (χ1v) is 6.14. The van der Waals surface area contributed by atoms with E-state index in [1.165, 1.54) is 18.3 Å². The Bertz CT molecular complexity index is 792. The molecule has 0 atom stereocenters. The minimum Gasteiger partial charge on any atom is -0.450 e. The predicted octanol–water partition coefficient (Wildman–Crippen LogP) is 2.47. The van der Waals surface area contributed by atoms with Crippen molar-refractivity contribution in [2.75, 3.05) is 11.9 Å². The molecule has 0 saturated heterocycles. The van der Waals surface area contributed by atoms with Crippen LogP contribution in [0.1, 0.15) is 16.2 Å². The number of hydrogen-bond acceptors (Lipinski definition) is 5. The maximum absolute atomic E-state index is 13.4. The van der Waals surface area contributed by atoms with Gasteiger partial charge in [-0.15, -0.1) is 0 Å². The molecule has 2 aromatic rings. The van der Waals surface area contributed by atoms with E-state index in [9.17, 15) is 31.5 Å². The second-order valence-corrected chi connectivity index (χ2v) is 4.40. The number of ether oxygens (including phenoxy) is 1. The van der Waals surface area contributed by atoms with Crippen molar-refractivity contribution >= 4 is 17.6 Å². The van der Waals surface area contributed by atoms with E-state index in [4.69, 9.17) is 0 Å². The van der Waals surface area contributed by atoms with Crippen LogP contribution in [0.2, 0.25) is 0 Å². The number of benzene rings is 1. The number of hydrogen-bond donors (Lipinski definition) is 1. The number of halogens is 5. The zero-order valence-corrected chi connectivity index (χ0v) is 11.8. The molecule has 0 unspecified atom stereocenters. The third-order valence-electron chi connectivity index (χ3n) is 2.64. The van der Waals surface area contributed by atoms with Gasteiger partial charge >= 0.3 is 5.97 Å². The molecule has 1 aromatic carbocycles. The Labute approximate surface area is 130 Å². The van der Waals surface area contributed by atoms with E-state index in [1.807, 2.05) is 0 Å². The molecular formula is C13H7F5N2O4. The number of carbonyl (C=O) groups excluding carboxylic acids is 2. The molecular weight excluding hydrogens is 343 g/mol. The number of aromatic nitrogens is 1. The van der Waals surface area contributed by atoms with Gasteiger partial charge in [0.25, 0.3) is 5.91 Å². The van der Waals surface area contributed by atoms with E-state index in [1.54, 1.807) is 0 Å². The quantitative estimate of drug-likeness (QED) is 0.397. The van der Waals surface area contributed by atoms with Gasteiger partial charge in [0.1, 0.15) is 5.69 Å². The normalized spacial score (nSPS) is 10.6. The van der Waals surface area contributed by atoms with Gasteiger partial charge in [0.05, 0.1) is 5.69 Å². The SMILES string of the molecule is Cc1cc(C(=O)OCC(=O)Nc2c(F)c(F)c(F)c(F)c2F)on1. The van der Waals surface area contributed by atoms with Crippen LogP contribution in [0.5, 0.6) is 0 Å². The molecule has 0 radical (unpaired) electrons. The van der Waals surface area contributed by atoms with Gasteiger partial charge in [-0.25, -0.2) is 26.7 Å². The summed E-state index contributed by atoms with van der Waals surface area (Å²) in [6.07, 6.45) is 0. The number of nitrogens with zero attached hydrogens (tertiary/aromatic N) is 1. The molecule has 1 N–H and O–H groups in total. The van der Waals surface area contributed by atoms with Crippen molar-refractivity contribution in [3.63, 3.8) is 0 Å². The van der Waals surface area contributed by atoms with Crippen LogP contribution in [0, 0.1) is 36.0 Å². The molecule has 0 aliphatic rings. The van der Waals surface area contributed by atoms with Crippen molar-refractivity contribution in [1.82, 2.24) is 5.16 Å². The van der Waals surface area contributed by atoms with Crippen LogP contribution in [0.15, 0.2) is 10.6 Å². The highest BCUT2D eigenvalue weighted by molar-refractivity contribution is 5.94. The fraction of sp³-hybridized carbons (Fsp3) is 0.154. The Balaban J connectivity index is 2.07. The lowest BCUT2D eigenvalue weighted by molar-refractivity contribution is -0.119. The second kappa shape index (κ2) is 6.64. The van der Waals surface area contributed by atoms with Gasteiger partial charge in [0.2, 0.25) is 11.6 Å². The van der Waals surface area contributed by atoms with E-state index >= 15 is 0 Å². The fourth-order valence-corrected chi connectivity index (χ4v) is 1.55. The summed E-state index contributed by atoms with van der Waals surface area (Å²) < 4.78 is 74.5. The number of carbonyl (C=O) groups is 2. The minimum absolute atomic E-state index is 0.337. The molecule has 128 valence electrons. The number of aryl methyl sites for hydroxylation is 1. The molecule has 0 aliphatic carbocycles. The average Bonchev–Trinajstić information content (AvgIpc) is 2.99. The Hall–Kier alpha value is -2.98. The number of amides is 1. The van der Waals surface area contributed by atoms with Crippen molar-refractivity contribution in [3.8, 4) is 0 Å². The van der Waals surface area contributed by atoms with Crippen molar-refractivity contribution < 1.29 is 40.8 Å². The molecule has 24 heavy (non-hydrogen) atoms. The highest BCUT2D eigenvalue weighted by Crippen LogP contribution is 2.27. The Morgan fingerprint density at radius 2 is 1.62 bits per heavy atom. The average molecular weight is 350 g/mol. The molecule has 1 amide bonds. The third kappa shape index (κ3) is 3.34. The summed E-state index contributed by atoms with van der Waals surface area (Å²) >= 11 is 0. The Morgan fingerprint density at radius 1 is 1.08 bits per heavy atom. The zero-order valence-electron chi connectivity index (χ0n) is 11.8. The van der Waals surface area contributed by atoms with Gasteiger partial charge in [-0.3, -0.25) is 4.79 Å². The van der Waals surface area contributed by atoms with E-state index in [2.05, 4.69) is 14.4 Å². The standard InChI is InChI=1S/C13H7F5N2O4/c1-4-2-5(24-20-4)13(22)23-3-6(21)19-12-10(17)8(15)7(14)9(16)11(12)18/h2H,3H2,1H3,(H,19,21). The van der Waals surface area contributed by atoms with E-state index in [-0.39, 0.29) is 5.76 Å². The van der Waals surface area contributed by atoms with Crippen molar-refractivity contribution in [3.05, 3.63) is 46.6 Å². The first-order chi connectivity index (χ1) is 11.2. The van der Waals surface area contributed by atoms with Crippen LogP contribution < -0.4 is 5.32 Å². The summed E-state index contributed by atoms with van der Waals surface area (Å²) in [6, 6.07) is 1.20. The molecule has 11 heteroatoms. The molecule has 1 heterocycles. The maximum Gasteiger partial charge on any atom is 0.377 e. The van der Waals surface area contributed by atoms with Gasteiger partial charge < -0.3 is 14.6 Å². The summed E-state index contributed by atoms with van der Waals surface area (Å²) in [4.78, 5) is 22.9. The van der Waals surface area contributed by atoms with Gasteiger partial charge in [-0.2, -0.15) is 0 Å². The van der Waals surface area contributed by atoms with Crippen LogP contribution in [-0.4, -0.2) is 23.6 Å². The lowest BCUT2D eigenvalue weighted by atomic mass is 10.2. The summed E-state index contributed by atoms with van der Waals surface area (Å²) in [5, 5.41) is 4.83. The monoisotopic (exact) mass is 350 g/mol. The largest absolute Gasteiger partial charge is 0.450 e. The molecule has 6 nitrogen and oxygen atoms in total. The van der Waals surface area contributed by atoms with Gasteiger partial charge in [-0.1, -0.05) is 5.16 Å². The van der Waals surface area contributed by atoms with Crippen molar-refractivity contribution in [2.24, 2.45) is 0 Å². The van der Waals surface area contributed by atoms with Crippen molar-refractivity contribution in [2.45, 2.75) is 6.92 Å². The first kappa shape index (κ1) is 17.4. The van der Waals surface area contributed by atoms with Crippen LogP contribution >= 0.6 is 0 Å². The van der Waals surface area contributed by atoms with Crippen LogP contribution in [0.25, 0.3) is 0 Å². The van der Waals surface area contributed by atoms with Crippen LogP contribution in [-0.2, 0) is 9.53 Å². The smallest absolute Gasteiger partial charge is 0.377 e. The molecule has 1 aromatic heterocycles. The summed E-state index contributed by atoms with van der Waals surface area (Å²) in [6.45, 7) is 0.453. The second-order valence-electron chi connectivity index (χ2n) is 4.40. The topological polar surface area (TPSA) is 81.4 Å². The number of esters is 1. The first-order valence-electron chi connectivity index (χ1n) is 6.14. The Morgan fingerprint density at radius 3 is 2.12 bits per heavy atom. The number of rotatable bonds is 4. The summed E-state index contributed by atoms with van der Waals surface area (Å²) in [7, 11) is 0. The van der Waals surface area contributed by atoms with Crippen LogP contribution in [0.4, 0.5) is 27.6 Å². The van der Waals surface area contributed by atoms with E-state index < -0.39 is 53.3 Å². The highest BCUT2D eigenvalue weighted by Gasteiger charge is 2.27. The Kier molecular flexibility index (Phi) is 4.81. The molecule has 2 rings (SSSR count). The van der Waals surface area contributed by atoms with E-state index in [0.717, 1.165) is 0 Å². The predicted molar refractivity (Wildman–Crippen MR) is 66.4 cm³/mol. The van der Waals surface area contributed by atoms with Gasteiger partial charge in [-0.05, 0) is 6.92 Å². The number of nitrogens with one attached hydrogen (secondary N) is 1. The maximum atomic E-state index is 13.4. The molecule has 0 spiro atoms. The van der Waals surface area contributed by atoms with Gasteiger partial charge in [0, 0.05) is 6.07 Å². The molecule has 0 saturated carbocycles. The summed E-state index contributed by atoms with van der Waals surface area (Å²) in [5.41, 5.74) is -1.20. The lowest BCUT2D eigenvalue weighted by Gasteiger charge is -2.09. The van der Waals surface area contributed by atoms with Crippen LogP contribution in [0.3, 0.4) is 0 Å².